The van der Waals surface area contributed by atoms with Gasteiger partial charge in [-0.1, -0.05) is 19.8 Å². The van der Waals surface area contributed by atoms with E-state index in [1.54, 1.807) is 0 Å². The molecule has 0 aromatic carbocycles. The van der Waals surface area contributed by atoms with Crippen molar-refractivity contribution < 1.29 is 9.47 Å². The van der Waals surface area contributed by atoms with Crippen LogP contribution in [0, 0.1) is 5.92 Å². The van der Waals surface area contributed by atoms with E-state index in [2.05, 4.69) is 12.2 Å². The molecule has 3 fully saturated rings. The Balaban J connectivity index is 1.47. The summed E-state index contributed by atoms with van der Waals surface area (Å²) in [6, 6.07) is 1.44. The van der Waals surface area contributed by atoms with Gasteiger partial charge in [0.2, 0.25) is 0 Å². The highest BCUT2D eigenvalue weighted by molar-refractivity contribution is 4.88. The fourth-order valence-corrected chi connectivity index (χ4v) is 3.88. The van der Waals surface area contributed by atoms with Gasteiger partial charge in [0.1, 0.15) is 0 Å². The summed E-state index contributed by atoms with van der Waals surface area (Å²) in [4.78, 5) is 0. The van der Waals surface area contributed by atoms with Gasteiger partial charge in [-0.25, -0.2) is 0 Å². The van der Waals surface area contributed by atoms with Gasteiger partial charge < -0.3 is 14.8 Å². The summed E-state index contributed by atoms with van der Waals surface area (Å²) in [6.07, 6.45) is 10.2. The van der Waals surface area contributed by atoms with Crippen molar-refractivity contribution in [1.29, 1.82) is 0 Å². The maximum Gasteiger partial charge on any atom is 0.168 e. The molecular weight excluding hydrogens is 226 g/mol. The lowest BCUT2D eigenvalue weighted by Crippen LogP contribution is -2.48. The normalized spacial score (nSPS) is 37.2. The maximum atomic E-state index is 5.79. The van der Waals surface area contributed by atoms with Gasteiger partial charge in [0, 0.05) is 24.9 Å². The van der Waals surface area contributed by atoms with Crippen molar-refractivity contribution in [3.05, 3.63) is 0 Å². The van der Waals surface area contributed by atoms with Gasteiger partial charge in [0.15, 0.2) is 5.79 Å². The van der Waals surface area contributed by atoms with E-state index >= 15 is 0 Å². The Kier molecular flexibility index (Phi) is 3.92. The first-order chi connectivity index (χ1) is 8.77. The van der Waals surface area contributed by atoms with Crippen LogP contribution in [0.2, 0.25) is 0 Å². The van der Waals surface area contributed by atoms with Crippen LogP contribution in [0.25, 0.3) is 0 Å². The van der Waals surface area contributed by atoms with Crippen molar-refractivity contribution in [2.24, 2.45) is 5.92 Å². The largest absolute Gasteiger partial charge is 0.348 e. The van der Waals surface area contributed by atoms with Crippen LogP contribution >= 0.6 is 0 Å². The van der Waals surface area contributed by atoms with Crippen LogP contribution < -0.4 is 5.32 Å². The van der Waals surface area contributed by atoms with Crippen molar-refractivity contribution in [3.63, 3.8) is 0 Å². The van der Waals surface area contributed by atoms with Crippen molar-refractivity contribution in [3.8, 4) is 0 Å². The predicted octanol–water partition coefficient (Wildman–Crippen LogP) is 2.84. The van der Waals surface area contributed by atoms with Gasteiger partial charge in [0.05, 0.1) is 13.2 Å². The maximum absolute atomic E-state index is 5.79. The van der Waals surface area contributed by atoms with E-state index in [1.165, 1.54) is 38.5 Å². The zero-order chi connectivity index (χ0) is 12.4. The van der Waals surface area contributed by atoms with Crippen LogP contribution in [0.15, 0.2) is 0 Å². The molecule has 0 aromatic rings. The molecule has 3 aliphatic rings. The van der Waals surface area contributed by atoms with E-state index in [-0.39, 0.29) is 5.79 Å². The van der Waals surface area contributed by atoms with E-state index in [0.717, 1.165) is 38.0 Å². The van der Waals surface area contributed by atoms with Crippen LogP contribution in [-0.4, -0.2) is 31.1 Å². The van der Waals surface area contributed by atoms with Crippen molar-refractivity contribution in [2.75, 3.05) is 13.2 Å². The monoisotopic (exact) mass is 253 g/mol. The summed E-state index contributed by atoms with van der Waals surface area (Å²) in [5.41, 5.74) is 0. The molecule has 0 aromatic heterocycles. The molecule has 2 unspecified atom stereocenters. The van der Waals surface area contributed by atoms with E-state index in [0.29, 0.717) is 6.04 Å². The lowest BCUT2D eigenvalue weighted by molar-refractivity contribution is -0.180. The lowest BCUT2D eigenvalue weighted by Gasteiger charge is -2.39. The molecule has 1 spiro atoms. The minimum absolute atomic E-state index is 0.198. The van der Waals surface area contributed by atoms with E-state index in [4.69, 9.17) is 9.47 Å². The highest BCUT2D eigenvalue weighted by Crippen LogP contribution is 2.36. The third kappa shape index (κ3) is 2.73. The van der Waals surface area contributed by atoms with Gasteiger partial charge in [-0.2, -0.15) is 0 Å². The Hall–Kier alpha value is -0.120. The van der Waals surface area contributed by atoms with Gasteiger partial charge in [-0.15, -0.1) is 0 Å². The van der Waals surface area contributed by atoms with E-state index in [9.17, 15) is 0 Å². The number of hydrogen-bond acceptors (Lipinski definition) is 3. The fraction of sp³-hybridized carbons (Fsp3) is 1.00. The Labute approximate surface area is 111 Å². The second-order valence-electron chi connectivity index (χ2n) is 6.42. The molecular formula is C15H27NO2. The number of ether oxygens (including phenoxy) is 2. The van der Waals surface area contributed by atoms with Crippen LogP contribution in [0.4, 0.5) is 0 Å². The molecule has 3 nitrogen and oxygen atoms in total. The SMILES string of the molecule is CC1CCCCC1NC1CCC2(CC1)OCCO2. The molecule has 2 saturated carbocycles. The summed E-state index contributed by atoms with van der Waals surface area (Å²) in [5, 5.41) is 3.90. The molecule has 1 heterocycles. The number of hydrogen-bond donors (Lipinski definition) is 1. The summed E-state index contributed by atoms with van der Waals surface area (Å²) in [7, 11) is 0. The first kappa shape index (κ1) is 12.9. The predicted molar refractivity (Wildman–Crippen MR) is 71.4 cm³/mol. The highest BCUT2D eigenvalue weighted by atomic mass is 16.7. The van der Waals surface area contributed by atoms with Gasteiger partial charge in [-0.3, -0.25) is 0 Å². The molecule has 3 rings (SSSR count). The van der Waals surface area contributed by atoms with Crippen LogP contribution in [0.1, 0.15) is 58.3 Å². The standard InChI is InChI=1S/C15H27NO2/c1-12-4-2-3-5-14(12)16-13-6-8-15(9-7-13)17-10-11-18-15/h12-14,16H,2-11H2,1H3. The molecule has 0 radical (unpaired) electrons. The second kappa shape index (κ2) is 5.48. The van der Waals surface area contributed by atoms with Gasteiger partial charge in [-0.05, 0) is 31.6 Å². The molecule has 2 aliphatic carbocycles. The Morgan fingerprint density at radius 3 is 2.28 bits per heavy atom. The summed E-state index contributed by atoms with van der Waals surface area (Å²) in [5.74, 6) is 0.657. The average molecular weight is 253 g/mol. The summed E-state index contributed by atoms with van der Waals surface area (Å²) < 4.78 is 11.6. The first-order valence-corrected chi connectivity index (χ1v) is 7.81. The number of nitrogens with one attached hydrogen (secondary N) is 1. The topological polar surface area (TPSA) is 30.5 Å². The second-order valence-corrected chi connectivity index (χ2v) is 6.42. The third-order valence-corrected chi connectivity index (χ3v) is 5.12. The molecule has 18 heavy (non-hydrogen) atoms. The summed E-state index contributed by atoms with van der Waals surface area (Å²) >= 11 is 0. The molecule has 0 bridgehead atoms. The Morgan fingerprint density at radius 2 is 1.61 bits per heavy atom. The molecule has 1 saturated heterocycles. The van der Waals surface area contributed by atoms with Crippen LogP contribution in [-0.2, 0) is 9.47 Å². The summed E-state index contributed by atoms with van der Waals surface area (Å²) in [6.45, 7) is 3.99. The highest BCUT2D eigenvalue weighted by Gasteiger charge is 2.40. The minimum atomic E-state index is -0.198. The molecule has 2 atom stereocenters. The molecule has 104 valence electrons. The van der Waals surface area contributed by atoms with Gasteiger partial charge >= 0.3 is 0 Å². The van der Waals surface area contributed by atoms with Crippen molar-refractivity contribution >= 4 is 0 Å². The molecule has 3 heteroatoms. The number of rotatable bonds is 2. The van der Waals surface area contributed by atoms with Gasteiger partial charge in [0.25, 0.3) is 0 Å². The van der Waals surface area contributed by atoms with Crippen molar-refractivity contribution in [1.82, 2.24) is 5.32 Å². The van der Waals surface area contributed by atoms with Crippen LogP contribution in [0.3, 0.4) is 0 Å². The zero-order valence-corrected chi connectivity index (χ0v) is 11.6. The Morgan fingerprint density at radius 1 is 0.944 bits per heavy atom. The van der Waals surface area contributed by atoms with E-state index < -0.39 is 0 Å². The van der Waals surface area contributed by atoms with E-state index in [1.807, 2.05) is 0 Å². The van der Waals surface area contributed by atoms with Crippen molar-refractivity contribution in [2.45, 2.75) is 76.2 Å². The smallest absolute Gasteiger partial charge is 0.168 e. The Bertz CT molecular complexity index is 266. The lowest BCUT2D eigenvalue weighted by atomic mass is 9.83. The minimum Gasteiger partial charge on any atom is -0.348 e. The fourth-order valence-electron chi connectivity index (χ4n) is 3.88. The quantitative estimate of drug-likeness (QED) is 0.821. The first-order valence-electron chi connectivity index (χ1n) is 7.81. The molecule has 0 amide bonds. The zero-order valence-electron chi connectivity index (χ0n) is 11.6. The molecule has 1 aliphatic heterocycles. The average Bonchev–Trinajstić information content (AvgIpc) is 2.84. The van der Waals surface area contributed by atoms with Crippen LogP contribution in [0.5, 0.6) is 0 Å². The third-order valence-electron chi connectivity index (χ3n) is 5.12. The molecule has 1 N–H and O–H groups in total.